The fraction of sp³-hybridized carbons (Fsp3) is 0.417. The highest BCUT2D eigenvalue weighted by atomic mass is 32.2. The monoisotopic (exact) mass is 240 g/mol. The average molecular weight is 240 g/mol. The largest absolute Gasteiger partial charge is 0.508 e. The number of phenols is 1. The molecule has 1 rings (SSSR count). The standard InChI is InChI=1S/C12H16O3S/c1-2-15-12(14)7-4-8-16-11-6-3-5-10(13)9-11/h3,5-6,9,13H,2,4,7-8H2,1H3. The summed E-state index contributed by atoms with van der Waals surface area (Å²) in [6, 6.07) is 7.11. The fourth-order valence-electron chi connectivity index (χ4n) is 1.21. The second-order valence-electron chi connectivity index (χ2n) is 3.25. The van der Waals surface area contributed by atoms with Gasteiger partial charge >= 0.3 is 5.97 Å². The second kappa shape index (κ2) is 7.17. The summed E-state index contributed by atoms with van der Waals surface area (Å²) in [7, 11) is 0. The van der Waals surface area contributed by atoms with E-state index in [1.54, 1.807) is 30.8 Å². The van der Waals surface area contributed by atoms with E-state index in [0.29, 0.717) is 13.0 Å². The van der Waals surface area contributed by atoms with Crippen LogP contribution in [0.25, 0.3) is 0 Å². The molecule has 0 unspecified atom stereocenters. The zero-order valence-corrected chi connectivity index (χ0v) is 10.1. The molecule has 0 saturated carbocycles. The molecule has 0 bridgehead atoms. The first-order valence-corrected chi connectivity index (χ1v) is 6.28. The summed E-state index contributed by atoms with van der Waals surface area (Å²) in [5.74, 6) is 0.983. The van der Waals surface area contributed by atoms with Gasteiger partial charge in [-0.2, -0.15) is 0 Å². The van der Waals surface area contributed by atoms with Crippen LogP contribution in [0.5, 0.6) is 5.75 Å². The van der Waals surface area contributed by atoms with Crippen molar-refractivity contribution >= 4 is 17.7 Å². The summed E-state index contributed by atoms with van der Waals surface area (Å²) in [5.41, 5.74) is 0. The summed E-state index contributed by atoms with van der Waals surface area (Å²) in [5, 5.41) is 9.24. The third-order valence-electron chi connectivity index (χ3n) is 1.92. The highest BCUT2D eigenvalue weighted by molar-refractivity contribution is 7.99. The first-order chi connectivity index (χ1) is 7.72. The zero-order valence-electron chi connectivity index (χ0n) is 9.31. The van der Waals surface area contributed by atoms with Crippen LogP contribution in [0, 0.1) is 0 Å². The highest BCUT2D eigenvalue weighted by Crippen LogP contribution is 2.22. The maximum Gasteiger partial charge on any atom is 0.305 e. The van der Waals surface area contributed by atoms with Gasteiger partial charge in [-0.3, -0.25) is 4.79 Å². The number of phenolic OH excluding ortho intramolecular Hbond substituents is 1. The molecule has 1 aromatic carbocycles. The second-order valence-corrected chi connectivity index (χ2v) is 4.42. The summed E-state index contributed by atoms with van der Waals surface area (Å²) in [4.78, 5) is 12.1. The van der Waals surface area contributed by atoms with E-state index in [-0.39, 0.29) is 11.7 Å². The Balaban J connectivity index is 2.18. The van der Waals surface area contributed by atoms with Gasteiger partial charge in [-0.25, -0.2) is 0 Å². The van der Waals surface area contributed by atoms with Crippen molar-refractivity contribution in [2.45, 2.75) is 24.7 Å². The van der Waals surface area contributed by atoms with Crippen LogP contribution in [0.3, 0.4) is 0 Å². The van der Waals surface area contributed by atoms with Crippen molar-refractivity contribution in [3.63, 3.8) is 0 Å². The molecule has 4 heteroatoms. The van der Waals surface area contributed by atoms with Crippen molar-refractivity contribution in [3.8, 4) is 5.75 Å². The summed E-state index contributed by atoms with van der Waals surface area (Å²) in [6.07, 6.45) is 1.25. The van der Waals surface area contributed by atoms with Gasteiger partial charge in [-0.15, -0.1) is 11.8 Å². The molecule has 0 heterocycles. The topological polar surface area (TPSA) is 46.5 Å². The normalized spacial score (nSPS) is 10.1. The van der Waals surface area contributed by atoms with Gasteiger partial charge in [-0.05, 0) is 37.3 Å². The average Bonchev–Trinajstić information content (AvgIpc) is 2.25. The zero-order chi connectivity index (χ0) is 11.8. The maximum absolute atomic E-state index is 11.0. The van der Waals surface area contributed by atoms with E-state index in [1.807, 2.05) is 12.1 Å². The smallest absolute Gasteiger partial charge is 0.305 e. The van der Waals surface area contributed by atoms with Crippen molar-refractivity contribution in [2.75, 3.05) is 12.4 Å². The van der Waals surface area contributed by atoms with Crippen molar-refractivity contribution in [3.05, 3.63) is 24.3 Å². The molecule has 0 aliphatic carbocycles. The lowest BCUT2D eigenvalue weighted by Gasteiger charge is -2.02. The van der Waals surface area contributed by atoms with Gasteiger partial charge in [0.25, 0.3) is 0 Å². The van der Waals surface area contributed by atoms with Crippen LogP contribution < -0.4 is 0 Å². The first-order valence-electron chi connectivity index (χ1n) is 5.30. The Bertz CT molecular complexity index is 339. The van der Waals surface area contributed by atoms with E-state index in [2.05, 4.69) is 0 Å². The minimum absolute atomic E-state index is 0.140. The van der Waals surface area contributed by atoms with Crippen LogP contribution in [0.15, 0.2) is 29.2 Å². The predicted molar refractivity (Wildman–Crippen MR) is 64.7 cm³/mol. The molecule has 1 aromatic rings. The Morgan fingerprint density at radius 3 is 3.00 bits per heavy atom. The predicted octanol–water partition coefficient (Wildman–Crippen LogP) is 2.83. The highest BCUT2D eigenvalue weighted by Gasteiger charge is 2.01. The summed E-state index contributed by atoms with van der Waals surface area (Å²) in [6.45, 7) is 2.25. The Morgan fingerprint density at radius 1 is 1.50 bits per heavy atom. The molecule has 0 atom stereocenters. The minimum atomic E-state index is -0.140. The first kappa shape index (κ1) is 12.9. The molecule has 0 spiro atoms. The number of rotatable bonds is 6. The van der Waals surface area contributed by atoms with Crippen LogP contribution in [-0.2, 0) is 9.53 Å². The van der Waals surface area contributed by atoms with Gasteiger partial charge in [0.1, 0.15) is 5.75 Å². The molecule has 1 N–H and O–H groups in total. The van der Waals surface area contributed by atoms with Gasteiger partial charge in [0.2, 0.25) is 0 Å². The van der Waals surface area contributed by atoms with Crippen molar-refractivity contribution in [2.24, 2.45) is 0 Å². The van der Waals surface area contributed by atoms with E-state index < -0.39 is 0 Å². The van der Waals surface area contributed by atoms with Gasteiger partial charge in [0.15, 0.2) is 0 Å². The number of hydrogen-bond acceptors (Lipinski definition) is 4. The SMILES string of the molecule is CCOC(=O)CCCSc1cccc(O)c1. The molecular weight excluding hydrogens is 224 g/mol. The summed E-state index contributed by atoms with van der Waals surface area (Å²) >= 11 is 1.63. The molecule has 0 radical (unpaired) electrons. The third kappa shape index (κ3) is 5.07. The van der Waals surface area contributed by atoms with Gasteiger partial charge in [0, 0.05) is 11.3 Å². The maximum atomic E-state index is 11.0. The molecular formula is C12H16O3S. The van der Waals surface area contributed by atoms with Crippen molar-refractivity contribution in [1.82, 2.24) is 0 Å². The lowest BCUT2D eigenvalue weighted by Crippen LogP contribution is -2.03. The van der Waals surface area contributed by atoms with Crippen LogP contribution in [0.4, 0.5) is 0 Å². The molecule has 3 nitrogen and oxygen atoms in total. The van der Waals surface area contributed by atoms with E-state index in [0.717, 1.165) is 17.1 Å². The van der Waals surface area contributed by atoms with Crippen molar-refractivity contribution < 1.29 is 14.6 Å². The Morgan fingerprint density at radius 2 is 2.31 bits per heavy atom. The molecule has 0 aromatic heterocycles. The molecule has 0 saturated heterocycles. The number of carbonyl (C=O) groups is 1. The number of ether oxygens (including phenoxy) is 1. The number of carbonyl (C=O) groups excluding carboxylic acids is 1. The number of hydrogen-bond donors (Lipinski definition) is 1. The number of benzene rings is 1. The van der Waals surface area contributed by atoms with Crippen molar-refractivity contribution in [1.29, 1.82) is 0 Å². The van der Waals surface area contributed by atoms with Gasteiger partial charge in [0.05, 0.1) is 6.61 Å². The third-order valence-corrected chi connectivity index (χ3v) is 3.00. The lowest BCUT2D eigenvalue weighted by atomic mass is 10.3. The number of thioether (sulfide) groups is 1. The van der Waals surface area contributed by atoms with Crippen LogP contribution in [0.2, 0.25) is 0 Å². The Kier molecular flexibility index (Phi) is 5.78. The van der Waals surface area contributed by atoms with E-state index in [1.165, 1.54) is 0 Å². The molecule has 0 aliphatic rings. The van der Waals surface area contributed by atoms with Crippen LogP contribution >= 0.6 is 11.8 Å². The number of esters is 1. The van der Waals surface area contributed by atoms with E-state index in [4.69, 9.17) is 4.74 Å². The van der Waals surface area contributed by atoms with Crippen LogP contribution in [0.1, 0.15) is 19.8 Å². The molecule has 0 aliphatic heterocycles. The summed E-state index contributed by atoms with van der Waals surface area (Å²) < 4.78 is 4.83. The van der Waals surface area contributed by atoms with Gasteiger partial charge in [-0.1, -0.05) is 6.07 Å². The Hall–Kier alpha value is -1.16. The Labute approximate surface area is 99.8 Å². The minimum Gasteiger partial charge on any atom is -0.508 e. The van der Waals surface area contributed by atoms with E-state index in [9.17, 15) is 9.90 Å². The molecule has 16 heavy (non-hydrogen) atoms. The molecule has 88 valence electrons. The molecule has 0 amide bonds. The quantitative estimate of drug-likeness (QED) is 0.472. The molecule has 0 fully saturated rings. The van der Waals surface area contributed by atoms with Crippen LogP contribution in [-0.4, -0.2) is 23.4 Å². The lowest BCUT2D eigenvalue weighted by molar-refractivity contribution is -0.143. The fourth-order valence-corrected chi connectivity index (χ4v) is 2.12. The van der Waals surface area contributed by atoms with E-state index >= 15 is 0 Å². The van der Waals surface area contributed by atoms with Gasteiger partial charge < -0.3 is 9.84 Å². The number of aromatic hydroxyl groups is 1.